The van der Waals surface area contributed by atoms with Crippen LogP contribution < -0.4 is 4.74 Å². The molecule has 0 atom stereocenters. The molecule has 0 unspecified atom stereocenters. The van der Waals surface area contributed by atoms with E-state index in [0.717, 1.165) is 33.7 Å². The molecular weight excluding hydrogens is 545 g/mol. The van der Waals surface area contributed by atoms with E-state index in [2.05, 4.69) is 127 Å². The van der Waals surface area contributed by atoms with Gasteiger partial charge in [0.1, 0.15) is 11.4 Å². The van der Waals surface area contributed by atoms with Crippen molar-refractivity contribution in [3.8, 4) is 48.9 Å². The summed E-state index contributed by atoms with van der Waals surface area (Å²) < 4.78 is 8.18. The van der Waals surface area contributed by atoms with Gasteiger partial charge in [-0.1, -0.05) is 91.0 Å². The number of fused-ring (bicyclic) bond motifs is 6. The molecule has 8 rings (SSSR count). The second-order valence-corrected chi connectivity index (χ2v) is 12.0. The number of para-hydroxylation sites is 1. The Hall–Kier alpha value is -5.19. The van der Waals surface area contributed by atoms with Gasteiger partial charge in [-0.2, -0.15) is 0 Å². The molecule has 0 N–H and O–H groups in total. The van der Waals surface area contributed by atoms with Crippen LogP contribution in [0.15, 0.2) is 134 Å². The summed E-state index contributed by atoms with van der Waals surface area (Å²) in [5, 5.41) is 3.66. The number of nitrogens with zero attached hydrogens (tertiary/aromatic N) is 2. The zero-order valence-electron chi connectivity index (χ0n) is 23.9. The van der Waals surface area contributed by atoms with Crippen LogP contribution in [0, 0.1) is 6.92 Å². The van der Waals surface area contributed by atoms with E-state index in [1.54, 1.807) is 7.11 Å². The minimum atomic E-state index is 0.901. The first-order valence-corrected chi connectivity index (χ1v) is 15.2. The number of methoxy groups -OCH3 is 1. The van der Waals surface area contributed by atoms with Crippen LogP contribution in [0.3, 0.4) is 0 Å². The van der Waals surface area contributed by atoms with E-state index < -0.39 is 0 Å². The summed E-state index contributed by atoms with van der Waals surface area (Å²) >= 11 is 1.83. The van der Waals surface area contributed by atoms with Crippen LogP contribution in [0.2, 0.25) is 0 Å². The van der Waals surface area contributed by atoms with Crippen LogP contribution in [-0.4, -0.2) is 16.5 Å². The molecule has 0 aliphatic carbocycles. The van der Waals surface area contributed by atoms with Gasteiger partial charge in [0, 0.05) is 55.0 Å². The van der Waals surface area contributed by atoms with Crippen molar-refractivity contribution in [2.45, 2.75) is 6.92 Å². The highest BCUT2D eigenvalue weighted by atomic mass is 32.1. The fourth-order valence-electron chi connectivity index (χ4n) is 6.32. The van der Waals surface area contributed by atoms with E-state index in [0.29, 0.717) is 0 Å². The van der Waals surface area contributed by atoms with Crippen molar-refractivity contribution < 1.29 is 4.74 Å². The topological polar surface area (TPSA) is 26.5 Å². The van der Waals surface area contributed by atoms with E-state index >= 15 is 0 Å². The van der Waals surface area contributed by atoms with Gasteiger partial charge in [-0.05, 0) is 59.5 Å². The van der Waals surface area contributed by atoms with Crippen LogP contribution in [0.25, 0.3) is 70.5 Å². The molecule has 5 aromatic carbocycles. The van der Waals surface area contributed by atoms with Gasteiger partial charge in [0.2, 0.25) is 0 Å². The Morgan fingerprint density at radius 1 is 0.628 bits per heavy atom. The maximum atomic E-state index is 5.99. The number of rotatable bonds is 5. The monoisotopic (exact) mass is 572 g/mol. The Morgan fingerprint density at radius 3 is 2.09 bits per heavy atom. The average Bonchev–Trinajstić information content (AvgIpc) is 3.76. The van der Waals surface area contributed by atoms with Gasteiger partial charge < -0.3 is 4.74 Å². The third-order valence-electron chi connectivity index (χ3n) is 8.25. The van der Waals surface area contributed by atoms with Gasteiger partial charge >= 0.3 is 0 Å². The van der Waals surface area contributed by atoms with Crippen molar-refractivity contribution in [3.63, 3.8) is 0 Å². The van der Waals surface area contributed by atoms with Gasteiger partial charge in [-0.25, -0.2) is 4.98 Å². The number of aromatic nitrogens is 2. The smallest absolute Gasteiger partial charge is 0.145 e. The largest absolute Gasteiger partial charge is 0.495 e. The molecule has 0 aliphatic rings. The molecule has 3 aromatic heterocycles. The highest BCUT2D eigenvalue weighted by Gasteiger charge is 2.17. The van der Waals surface area contributed by atoms with Crippen LogP contribution in [0.1, 0.15) is 5.56 Å². The number of hydrogen-bond donors (Lipinski definition) is 0. The lowest BCUT2D eigenvalue weighted by molar-refractivity contribution is 0.418. The van der Waals surface area contributed by atoms with Gasteiger partial charge in [-0.3, -0.25) is 4.40 Å². The first-order valence-electron chi connectivity index (χ1n) is 14.4. The predicted octanol–water partition coefficient (Wildman–Crippen LogP) is 10.7. The molecule has 8 aromatic rings. The Labute approximate surface area is 254 Å². The summed E-state index contributed by atoms with van der Waals surface area (Å²) in [4.78, 5) is 7.21. The lowest BCUT2D eigenvalue weighted by Gasteiger charge is -2.16. The molecule has 0 radical (unpaired) electrons. The number of imidazole rings is 1. The summed E-state index contributed by atoms with van der Waals surface area (Å²) in [6, 6.07) is 43.4. The molecule has 0 amide bonds. The van der Waals surface area contributed by atoms with Crippen molar-refractivity contribution in [1.29, 1.82) is 0 Å². The maximum absolute atomic E-state index is 5.99. The molecule has 43 heavy (non-hydrogen) atoms. The van der Waals surface area contributed by atoms with Gasteiger partial charge in [0.15, 0.2) is 0 Å². The van der Waals surface area contributed by atoms with E-state index in [9.17, 15) is 0 Å². The molecule has 0 saturated carbocycles. The van der Waals surface area contributed by atoms with E-state index in [1.165, 1.54) is 48.1 Å². The van der Waals surface area contributed by atoms with Crippen molar-refractivity contribution in [2.24, 2.45) is 0 Å². The van der Waals surface area contributed by atoms with Gasteiger partial charge in [0.25, 0.3) is 0 Å². The van der Waals surface area contributed by atoms with Gasteiger partial charge in [0.05, 0.1) is 12.6 Å². The minimum Gasteiger partial charge on any atom is -0.495 e. The zero-order chi connectivity index (χ0) is 28.9. The van der Waals surface area contributed by atoms with E-state index in [1.807, 2.05) is 29.8 Å². The van der Waals surface area contributed by atoms with Crippen molar-refractivity contribution in [2.75, 3.05) is 7.11 Å². The van der Waals surface area contributed by atoms with E-state index in [-0.39, 0.29) is 0 Å². The van der Waals surface area contributed by atoms with Crippen LogP contribution in [-0.2, 0) is 0 Å². The Morgan fingerprint density at radius 2 is 1.30 bits per heavy atom. The molecule has 0 saturated heterocycles. The number of ether oxygens (including phenoxy) is 1. The Kier molecular flexibility index (Phi) is 6.09. The lowest BCUT2D eigenvalue weighted by Crippen LogP contribution is -1.93. The molecule has 0 aliphatic heterocycles. The summed E-state index contributed by atoms with van der Waals surface area (Å²) in [6.45, 7) is 2.14. The minimum absolute atomic E-state index is 0.901. The summed E-state index contributed by atoms with van der Waals surface area (Å²) in [5.41, 5.74) is 10.3. The highest BCUT2D eigenvalue weighted by Crippen LogP contribution is 2.43. The fraction of sp³-hybridized carbons (Fsp3) is 0.0513. The third kappa shape index (κ3) is 4.22. The summed E-state index contributed by atoms with van der Waals surface area (Å²) in [5.74, 6) is 0.901. The number of pyridine rings is 1. The first kappa shape index (κ1) is 25.5. The second kappa shape index (κ2) is 10.3. The second-order valence-electron chi connectivity index (χ2n) is 10.9. The van der Waals surface area contributed by atoms with Crippen LogP contribution in [0.4, 0.5) is 0 Å². The summed E-state index contributed by atoms with van der Waals surface area (Å²) in [6.07, 6.45) is 3.93. The maximum Gasteiger partial charge on any atom is 0.145 e. The Bertz CT molecular complexity index is 2280. The quantitative estimate of drug-likeness (QED) is 0.192. The van der Waals surface area contributed by atoms with Crippen molar-refractivity contribution >= 4 is 38.7 Å². The Balaban J connectivity index is 1.20. The molecule has 206 valence electrons. The molecule has 3 nitrogen and oxygen atoms in total. The normalized spacial score (nSPS) is 11.5. The first-order chi connectivity index (χ1) is 21.2. The molecule has 4 heteroatoms. The standard InChI is InChI=1S/C39H28N2OS/c1-25-23-32(26-9-4-3-5-10-26)38(42-2)33(24-25)27-15-17-28(18-16-27)35-19-20-36(43-35)30-12-8-13-31-37(30)29-11-6-7-14-34(29)41-22-21-40-39(31)41/h3-24H,1-2H3. The SMILES string of the molecule is COc1c(-c2ccccc2)cc(C)cc1-c1ccc(-c2ccc(-c3cccc4c3c3ccccc3n3ccnc43)s2)cc1. The molecule has 0 spiro atoms. The van der Waals surface area contributed by atoms with Crippen molar-refractivity contribution in [3.05, 3.63) is 139 Å². The number of hydrogen-bond acceptors (Lipinski definition) is 3. The number of thiophene rings is 1. The molecule has 3 heterocycles. The van der Waals surface area contributed by atoms with Gasteiger partial charge in [-0.15, -0.1) is 11.3 Å². The predicted molar refractivity (Wildman–Crippen MR) is 181 cm³/mol. The molecule has 0 bridgehead atoms. The van der Waals surface area contributed by atoms with E-state index in [4.69, 9.17) is 9.72 Å². The van der Waals surface area contributed by atoms with Crippen LogP contribution >= 0.6 is 11.3 Å². The third-order valence-corrected chi connectivity index (χ3v) is 9.42. The van der Waals surface area contributed by atoms with Crippen LogP contribution in [0.5, 0.6) is 5.75 Å². The fourth-order valence-corrected chi connectivity index (χ4v) is 7.36. The molecule has 0 fully saturated rings. The summed E-state index contributed by atoms with van der Waals surface area (Å²) in [7, 11) is 1.76. The molecular formula is C39H28N2OS. The highest BCUT2D eigenvalue weighted by molar-refractivity contribution is 7.19. The van der Waals surface area contributed by atoms with Crippen molar-refractivity contribution in [1.82, 2.24) is 9.38 Å². The lowest BCUT2D eigenvalue weighted by atomic mass is 9.94. The average molecular weight is 573 g/mol. The number of benzene rings is 5. The number of aryl methyl sites for hydroxylation is 1. The zero-order valence-corrected chi connectivity index (χ0v) is 24.7.